The van der Waals surface area contributed by atoms with E-state index in [1.807, 2.05) is 31.2 Å². The third-order valence-electron chi connectivity index (χ3n) is 3.17. The van der Waals surface area contributed by atoms with E-state index in [9.17, 15) is 0 Å². The lowest BCUT2D eigenvalue weighted by molar-refractivity contribution is 0.179. The number of methoxy groups -OCH3 is 2. The number of fused-ring (bicyclic) bond motifs is 1. The summed E-state index contributed by atoms with van der Waals surface area (Å²) < 4.78 is 10.2. The number of hydrazone groups is 1. The van der Waals surface area contributed by atoms with Crippen LogP contribution >= 0.6 is 23.8 Å². The van der Waals surface area contributed by atoms with Crippen molar-refractivity contribution in [2.45, 2.75) is 13.0 Å². The van der Waals surface area contributed by atoms with Crippen LogP contribution in [0.15, 0.2) is 29.4 Å². The fourth-order valence-electron chi connectivity index (χ4n) is 2.07. The number of benzene rings is 1. The molecule has 0 radical (unpaired) electrons. The van der Waals surface area contributed by atoms with Gasteiger partial charge in [-0.2, -0.15) is 5.10 Å². The molecule has 0 saturated carbocycles. The van der Waals surface area contributed by atoms with Crippen LogP contribution in [0.3, 0.4) is 0 Å². The molecular weight excluding hydrogens is 348 g/mol. The molecular formula is C16H19ClN4O2S. The van der Waals surface area contributed by atoms with Crippen LogP contribution in [0.2, 0.25) is 5.15 Å². The van der Waals surface area contributed by atoms with Crippen LogP contribution in [0.5, 0.6) is 5.75 Å². The van der Waals surface area contributed by atoms with Gasteiger partial charge in [-0.15, -0.1) is 0 Å². The predicted octanol–water partition coefficient (Wildman–Crippen LogP) is 2.73. The molecule has 2 aromatic rings. The zero-order chi connectivity index (χ0) is 17.5. The fraction of sp³-hybridized carbons (Fsp3) is 0.312. The predicted molar refractivity (Wildman–Crippen MR) is 101 cm³/mol. The van der Waals surface area contributed by atoms with Gasteiger partial charge in [0.1, 0.15) is 10.9 Å². The van der Waals surface area contributed by atoms with Gasteiger partial charge in [0.2, 0.25) is 0 Å². The Kier molecular flexibility index (Phi) is 6.72. The summed E-state index contributed by atoms with van der Waals surface area (Å²) >= 11 is 11.3. The normalized spacial score (nSPS) is 12.3. The van der Waals surface area contributed by atoms with Crippen molar-refractivity contribution in [1.29, 1.82) is 0 Å². The van der Waals surface area contributed by atoms with E-state index in [-0.39, 0.29) is 6.04 Å². The number of nitrogens with zero attached hydrogens (tertiary/aromatic N) is 2. The quantitative estimate of drug-likeness (QED) is 0.354. The SMILES string of the molecule is COC[C@H](C)NC(=S)N/N=C\c1cc2cc(OC)ccc2nc1Cl. The lowest BCUT2D eigenvalue weighted by Crippen LogP contribution is -2.40. The minimum atomic E-state index is 0.0867. The Morgan fingerprint density at radius 1 is 1.42 bits per heavy atom. The summed E-state index contributed by atoms with van der Waals surface area (Å²) in [6.07, 6.45) is 1.57. The maximum absolute atomic E-state index is 6.19. The Balaban J connectivity index is 2.08. The van der Waals surface area contributed by atoms with Gasteiger partial charge in [-0.3, -0.25) is 5.43 Å². The number of halogens is 1. The molecule has 0 unspecified atom stereocenters. The number of rotatable bonds is 6. The third kappa shape index (κ3) is 5.02. The second-order valence-electron chi connectivity index (χ2n) is 5.13. The van der Waals surface area contributed by atoms with Crippen molar-refractivity contribution in [3.05, 3.63) is 35.0 Å². The molecule has 0 amide bonds. The molecule has 0 aliphatic carbocycles. The summed E-state index contributed by atoms with van der Waals surface area (Å²) in [7, 11) is 3.26. The first kappa shape index (κ1) is 18.4. The number of hydrogen-bond acceptors (Lipinski definition) is 5. The van der Waals surface area contributed by atoms with E-state index in [1.54, 1.807) is 20.4 Å². The Morgan fingerprint density at radius 3 is 2.92 bits per heavy atom. The molecule has 0 aliphatic heterocycles. The monoisotopic (exact) mass is 366 g/mol. The minimum Gasteiger partial charge on any atom is -0.497 e. The van der Waals surface area contributed by atoms with E-state index in [0.717, 1.165) is 16.7 Å². The number of nitrogens with one attached hydrogen (secondary N) is 2. The molecule has 2 rings (SSSR count). The average molecular weight is 367 g/mol. The molecule has 1 heterocycles. The zero-order valence-corrected chi connectivity index (χ0v) is 15.2. The van der Waals surface area contributed by atoms with E-state index in [2.05, 4.69) is 20.8 Å². The molecule has 0 fully saturated rings. The lowest BCUT2D eigenvalue weighted by Gasteiger charge is -2.13. The fourth-order valence-corrected chi connectivity index (χ4v) is 2.52. The van der Waals surface area contributed by atoms with Crippen molar-refractivity contribution < 1.29 is 9.47 Å². The first-order valence-electron chi connectivity index (χ1n) is 7.26. The number of ether oxygens (including phenoxy) is 2. The van der Waals surface area contributed by atoms with Crippen LogP contribution in [-0.2, 0) is 4.74 Å². The van der Waals surface area contributed by atoms with Gasteiger partial charge in [-0.25, -0.2) is 4.98 Å². The maximum Gasteiger partial charge on any atom is 0.187 e. The van der Waals surface area contributed by atoms with Gasteiger partial charge in [0.15, 0.2) is 5.11 Å². The topological polar surface area (TPSA) is 67.8 Å². The summed E-state index contributed by atoms with van der Waals surface area (Å²) in [6, 6.07) is 7.56. The Bertz CT molecular complexity index is 754. The van der Waals surface area contributed by atoms with Crippen LogP contribution in [0.1, 0.15) is 12.5 Å². The highest BCUT2D eigenvalue weighted by Crippen LogP contribution is 2.23. The standard InChI is InChI=1S/C16H19ClN4O2S/c1-10(9-22-2)19-16(24)21-18-8-12-6-11-7-13(23-3)4-5-14(11)20-15(12)17/h4-8,10H,9H2,1-3H3,(H2,19,21,24)/b18-8-/t10-/m0/s1. The second kappa shape index (κ2) is 8.77. The molecule has 128 valence electrons. The molecule has 1 atom stereocenters. The van der Waals surface area contributed by atoms with Crippen LogP contribution in [-0.4, -0.2) is 43.2 Å². The Labute approximate surface area is 151 Å². The highest BCUT2D eigenvalue weighted by molar-refractivity contribution is 7.80. The average Bonchev–Trinajstić information content (AvgIpc) is 2.55. The summed E-state index contributed by atoms with van der Waals surface area (Å²) in [5.74, 6) is 0.755. The zero-order valence-electron chi connectivity index (χ0n) is 13.7. The Morgan fingerprint density at radius 2 is 2.21 bits per heavy atom. The van der Waals surface area contributed by atoms with E-state index in [1.165, 1.54) is 0 Å². The number of hydrogen-bond donors (Lipinski definition) is 2. The van der Waals surface area contributed by atoms with Gasteiger partial charge in [-0.05, 0) is 43.4 Å². The molecule has 1 aromatic heterocycles. The van der Waals surface area contributed by atoms with Crippen LogP contribution in [0.25, 0.3) is 10.9 Å². The van der Waals surface area contributed by atoms with Crippen molar-refractivity contribution in [3.8, 4) is 5.75 Å². The van der Waals surface area contributed by atoms with Gasteiger partial charge < -0.3 is 14.8 Å². The molecule has 1 aromatic carbocycles. The molecule has 0 bridgehead atoms. The molecule has 0 aliphatic rings. The van der Waals surface area contributed by atoms with Crippen molar-refractivity contribution in [3.63, 3.8) is 0 Å². The van der Waals surface area contributed by atoms with Crippen molar-refractivity contribution in [2.75, 3.05) is 20.8 Å². The number of pyridine rings is 1. The smallest absolute Gasteiger partial charge is 0.187 e. The van der Waals surface area contributed by atoms with Gasteiger partial charge in [-0.1, -0.05) is 11.6 Å². The van der Waals surface area contributed by atoms with Crippen molar-refractivity contribution in [1.82, 2.24) is 15.7 Å². The van der Waals surface area contributed by atoms with Crippen molar-refractivity contribution >= 4 is 46.0 Å². The largest absolute Gasteiger partial charge is 0.497 e. The summed E-state index contributed by atoms with van der Waals surface area (Å²) in [4.78, 5) is 4.35. The van der Waals surface area contributed by atoms with Gasteiger partial charge in [0.25, 0.3) is 0 Å². The van der Waals surface area contributed by atoms with E-state index < -0.39 is 0 Å². The van der Waals surface area contributed by atoms with Crippen LogP contribution in [0, 0.1) is 0 Å². The van der Waals surface area contributed by atoms with Crippen molar-refractivity contribution in [2.24, 2.45) is 5.10 Å². The third-order valence-corrected chi connectivity index (χ3v) is 3.68. The number of thiocarbonyl (C=S) groups is 1. The van der Waals surface area contributed by atoms with Crippen LogP contribution in [0.4, 0.5) is 0 Å². The molecule has 8 heteroatoms. The van der Waals surface area contributed by atoms with Gasteiger partial charge in [0.05, 0.1) is 25.4 Å². The second-order valence-corrected chi connectivity index (χ2v) is 5.89. The van der Waals surface area contributed by atoms with Gasteiger partial charge >= 0.3 is 0 Å². The maximum atomic E-state index is 6.19. The summed E-state index contributed by atoms with van der Waals surface area (Å²) in [5, 5.41) is 8.81. The molecule has 0 spiro atoms. The van der Waals surface area contributed by atoms with E-state index >= 15 is 0 Å². The first-order chi connectivity index (χ1) is 11.5. The Hall–Kier alpha value is -1.96. The summed E-state index contributed by atoms with van der Waals surface area (Å²) in [6.45, 7) is 2.51. The van der Waals surface area contributed by atoms with E-state index in [4.69, 9.17) is 33.3 Å². The first-order valence-corrected chi connectivity index (χ1v) is 8.05. The van der Waals surface area contributed by atoms with Crippen LogP contribution < -0.4 is 15.5 Å². The molecule has 24 heavy (non-hydrogen) atoms. The summed E-state index contributed by atoms with van der Waals surface area (Å²) in [5.41, 5.74) is 4.21. The van der Waals surface area contributed by atoms with Gasteiger partial charge in [0, 0.05) is 24.1 Å². The molecule has 2 N–H and O–H groups in total. The molecule has 0 saturated heterocycles. The molecule has 6 nitrogen and oxygen atoms in total. The highest BCUT2D eigenvalue weighted by Gasteiger charge is 2.05. The number of aromatic nitrogens is 1. The minimum absolute atomic E-state index is 0.0867. The lowest BCUT2D eigenvalue weighted by atomic mass is 10.1. The van der Waals surface area contributed by atoms with E-state index in [0.29, 0.717) is 22.4 Å². The highest BCUT2D eigenvalue weighted by atomic mass is 35.5.